The Labute approximate surface area is 214 Å². The van der Waals surface area contributed by atoms with Gasteiger partial charge in [0, 0.05) is 30.8 Å². The Hall–Kier alpha value is -3.04. The normalized spacial score (nSPS) is 22.1. The molecule has 36 heavy (non-hydrogen) atoms. The number of rotatable bonds is 6. The van der Waals surface area contributed by atoms with Crippen molar-refractivity contribution in [2.45, 2.75) is 37.4 Å². The number of benzene rings is 2. The van der Waals surface area contributed by atoms with E-state index in [1.807, 2.05) is 12.1 Å². The van der Waals surface area contributed by atoms with Gasteiger partial charge in [-0.3, -0.25) is 19.3 Å². The molecule has 2 fully saturated rings. The third kappa shape index (κ3) is 4.69. The minimum Gasteiger partial charge on any atom is -0.489 e. The van der Waals surface area contributed by atoms with Crippen LogP contribution < -0.4 is 4.74 Å². The molecule has 0 aromatic heterocycles. The highest BCUT2D eigenvalue weighted by atomic mass is 16.5. The maximum Gasteiger partial charge on any atom is 0.255 e. The average molecular weight is 479 g/mol. The summed E-state index contributed by atoms with van der Waals surface area (Å²) in [5.41, 5.74) is 3.32. The first-order valence-corrected chi connectivity index (χ1v) is 11.9. The van der Waals surface area contributed by atoms with Crippen LogP contribution in [0.2, 0.25) is 5.21 Å². The van der Waals surface area contributed by atoms with Gasteiger partial charge in [0.2, 0.25) is 19.8 Å². The lowest BCUT2D eigenvalue weighted by atomic mass is 9.49. The second kappa shape index (κ2) is 9.79. The molecule has 3 aliphatic rings. The molecule has 3 amide bonds. The van der Waals surface area contributed by atoms with Gasteiger partial charge in [0.05, 0.1) is 35.5 Å². The molecule has 8 nitrogen and oxygen atoms in total. The fourth-order valence-corrected chi connectivity index (χ4v) is 4.86. The Kier molecular flexibility index (Phi) is 6.70. The number of nitrogens with zero attached hydrogens (tertiary/aromatic N) is 3. The standard InChI is InChI=1S/C25H24B3N3O5/c26-25(27)12-20(23(33)31(28)24(25)34)30-14-19-18(22(30)32)2-1-3-21(19)36-15-17-6-4-16(5-7-17)13-29-8-10-35-11-9-29/h1-7,20H,8-15H2. The van der Waals surface area contributed by atoms with E-state index in [4.69, 9.17) is 33.1 Å². The van der Waals surface area contributed by atoms with Gasteiger partial charge in [-0.1, -0.05) is 30.3 Å². The lowest BCUT2D eigenvalue weighted by Gasteiger charge is -2.42. The molecule has 6 radical (unpaired) electrons. The Morgan fingerprint density at radius 2 is 1.69 bits per heavy atom. The number of carbonyl (C=O) groups is 3. The molecule has 2 saturated heterocycles. The maximum atomic E-state index is 13.1. The highest BCUT2D eigenvalue weighted by Gasteiger charge is 2.48. The number of morpholine rings is 1. The third-order valence-electron chi connectivity index (χ3n) is 6.93. The summed E-state index contributed by atoms with van der Waals surface area (Å²) in [5.74, 6) is -1.41. The summed E-state index contributed by atoms with van der Waals surface area (Å²) < 4.78 is 11.5. The molecule has 0 aliphatic carbocycles. The Bertz CT molecular complexity index is 1180. The summed E-state index contributed by atoms with van der Waals surface area (Å²) in [6, 6.07) is 12.4. The molecule has 11 heteroatoms. The molecule has 0 saturated carbocycles. The summed E-state index contributed by atoms with van der Waals surface area (Å²) in [5, 5.41) is -1.84. The second-order valence-corrected chi connectivity index (χ2v) is 9.48. The molecule has 1 atom stereocenters. The molecule has 2 aromatic rings. The quantitative estimate of drug-likeness (QED) is 0.449. The molecular formula is C25H24B3N3O5. The van der Waals surface area contributed by atoms with Gasteiger partial charge < -0.3 is 19.2 Å². The van der Waals surface area contributed by atoms with Crippen molar-refractivity contribution in [3.05, 3.63) is 64.7 Å². The fraction of sp³-hybridized carbons (Fsp3) is 0.400. The van der Waals surface area contributed by atoms with Gasteiger partial charge in [-0.05, 0) is 34.9 Å². The first-order chi connectivity index (χ1) is 17.2. The smallest absolute Gasteiger partial charge is 0.255 e. The zero-order valence-corrected chi connectivity index (χ0v) is 19.9. The summed E-state index contributed by atoms with van der Waals surface area (Å²) >= 11 is 0. The summed E-state index contributed by atoms with van der Waals surface area (Å²) in [7, 11) is 17.4. The Morgan fingerprint density at radius 3 is 2.42 bits per heavy atom. The third-order valence-corrected chi connectivity index (χ3v) is 6.93. The Balaban J connectivity index is 1.26. The van der Waals surface area contributed by atoms with Crippen molar-refractivity contribution < 1.29 is 23.9 Å². The van der Waals surface area contributed by atoms with Crippen LogP contribution in [0, 0.1) is 0 Å². The second-order valence-electron chi connectivity index (χ2n) is 9.48. The van der Waals surface area contributed by atoms with E-state index in [0.717, 1.165) is 38.4 Å². The lowest BCUT2D eigenvalue weighted by Crippen LogP contribution is -2.59. The monoisotopic (exact) mass is 479 g/mol. The number of fused-ring (bicyclic) bond motifs is 1. The van der Waals surface area contributed by atoms with E-state index in [1.54, 1.807) is 18.2 Å². The predicted octanol–water partition coefficient (Wildman–Crippen LogP) is 0.718. The van der Waals surface area contributed by atoms with Crippen LogP contribution in [-0.4, -0.2) is 88.4 Å². The number of imide groups is 1. The van der Waals surface area contributed by atoms with Gasteiger partial charge in [0.1, 0.15) is 18.4 Å². The van der Waals surface area contributed by atoms with E-state index >= 15 is 0 Å². The molecular weight excluding hydrogens is 455 g/mol. The van der Waals surface area contributed by atoms with E-state index in [2.05, 4.69) is 17.0 Å². The molecule has 0 spiro atoms. The van der Waals surface area contributed by atoms with Crippen molar-refractivity contribution >= 4 is 41.4 Å². The zero-order valence-electron chi connectivity index (χ0n) is 19.9. The van der Waals surface area contributed by atoms with Crippen LogP contribution in [0.1, 0.15) is 33.5 Å². The zero-order chi connectivity index (χ0) is 25.4. The molecule has 2 aromatic carbocycles. The number of piperidine rings is 1. The minimum atomic E-state index is -1.84. The predicted molar refractivity (Wildman–Crippen MR) is 133 cm³/mol. The first-order valence-electron chi connectivity index (χ1n) is 11.9. The van der Waals surface area contributed by atoms with Gasteiger partial charge in [0.15, 0.2) is 0 Å². The molecule has 3 aliphatic heterocycles. The van der Waals surface area contributed by atoms with E-state index in [1.165, 1.54) is 10.5 Å². The molecule has 178 valence electrons. The van der Waals surface area contributed by atoms with Crippen LogP contribution in [0.5, 0.6) is 5.75 Å². The van der Waals surface area contributed by atoms with E-state index in [0.29, 0.717) is 28.3 Å². The highest BCUT2D eigenvalue weighted by Crippen LogP contribution is 2.39. The van der Waals surface area contributed by atoms with E-state index in [9.17, 15) is 14.4 Å². The van der Waals surface area contributed by atoms with Crippen LogP contribution in [0.25, 0.3) is 0 Å². The molecule has 0 N–H and O–H groups in total. The van der Waals surface area contributed by atoms with Crippen molar-refractivity contribution in [3.8, 4) is 5.75 Å². The summed E-state index contributed by atoms with van der Waals surface area (Å²) in [4.78, 5) is 42.1. The SMILES string of the molecule is [B]N1C(=O)C(N2Cc3c(OCc4ccc(CN5CCOCC5)cc4)cccc3C2=O)CC([B])([B])C1=O. The van der Waals surface area contributed by atoms with Crippen molar-refractivity contribution in [1.29, 1.82) is 0 Å². The van der Waals surface area contributed by atoms with Crippen molar-refractivity contribution in [3.63, 3.8) is 0 Å². The van der Waals surface area contributed by atoms with E-state index in [-0.39, 0.29) is 18.9 Å². The number of amides is 3. The van der Waals surface area contributed by atoms with Crippen molar-refractivity contribution in [1.82, 2.24) is 14.6 Å². The average Bonchev–Trinajstić information content (AvgIpc) is 3.22. The van der Waals surface area contributed by atoms with Crippen molar-refractivity contribution in [2.75, 3.05) is 26.3 Å². The molecule has 3 heterocycles. The molecule has 5 rings (SSSR count). The number of hydrogen-bond acceptors (Lipinski definition) is 6. The van der Waals surface area contributed by atoms with Gasteiger partial charge in [-0.15, -0.1) is 0 Å². The summed E-state index contributed by atoms with van der Waals surface area (Å²) in [6.07, 6.45) is -0.217. The van der Waals surface area contributed by atoms with Crippen LogP contribution in [-0.2, 0) is 34.0 Å². The topological polar surface area (TPSA) is 79.4 Å². The van der Waals surface area contributed by atoms with Gasteiger partial charge in [-0.2, -0.15) is 0 Å². The van der Waals surface area contributed by atoms with Crippen LogP contribution >= 0.6 is 0 Å². The van der Waals surface area contributed by atoms with E-state index < -0.39 is 23.1 Å². The van der Waals surface area contributed by atoms with Crippen LogP contribution in [0.3, 0.4) is 0 Å². The first kappa shape index (κ1) is 24.7. The Morgan fingerprint density at radius 1 is 1.00 bits per heavy atom. The van der Waals surface area contributed by atoms with Gasteiger partial charge in [-0.25, -0.2) is 0 Å². The number of hydrogen-bond donors (Lipinski definition) is 0. The summed E-state index contributed by atoms with van der Waals surface area (Å²) in [6.45, 7) is 4.73. The number of ether oxygens (including phenoxy) is 2. The highest BCUT2D eigenvalue weighted by molar-refractivity contribution is 6.54. The minimum absolute atomic E-state index is 0.122. The largest absolute Gasteiger partial charge is 0.489 e. The number of carbonyl (C=O) groups excluding carboxylic acids is 3. The molecule has 0 bridgehead atoms. The van der Waals surface area contributed by atoms with Gasteiger partial charge >= 0.3 is 0 Å². The van der Waals surface area contributed by atoms with Crippen molar-refractivity contribution in [2.24, 2.45) is 0 Å². The molecule has 1 unspecified atom stereocenters. The maximum absolute atomic E-state index is 13.1. The fourth-order valence-electron chi connectivity index (χ4n) is 4.86. The van der Waals surface area contributed by atoms with Crippen LogP contribution in [0.15, 0.2) is 42.5 Å². The lowest BCUT2D eigenvalue weighted by molar-refractivity contribution is -0.146. The van der Waals surface area contributed by atoms with Gasteiger partial charge in [0.25, 0.3) is 5.91 Å². The van der Waals surface area contributed by atoms with Crippen LogP contribution in [0.4, 0.5) is 0 Å².